The van der Waals surface area contributed by atoms with Gasteiger partial charge >= 0.3 is 5.97 Å². The van der Waals surface area contributed by atoms with Gasteiger partial charge in [0.15, 0.2) is 0 Å². The molecule has 0 atom stereocenters. The van der Waals surface area contributed by atoms with Crippen molar-refractivity contribution in [3.05, 3.63) is 45.8 Å². The van der Waals surface area contributed by atoms with E-state index in [1.165, 1.54) is 24.3 Å². The first-order valence-corrected chi connectivity index (χ1v) is 8.09. The number of benzene rings is 1. The number of aromatic carboxylic acids is 1. The highest BCUT2D eigenvalue weighted by Crippen LogP contribution is 2.26. The van der Waals surface area contributed by atoms with Crippen LogP contribution >= 0.6 is 22.9 Å². The molecule has 0 spiro atoms. The maximum atomic E-state index is 12.1. The van der Waals surface area contributed by atoms with Crippen molar-refractivity contribution < 1.29 is 18.3 Å². The Morgan fingerprint density at radius 1 is 1.30 bits per heavy atom. The first kappa shape index (κ1) is 14.8. The third-order valence-electron chi connectivity index (χ3n) is 2.44. The minimum Gasteiger partial charge on any atom is -0.478 e. The molecule has 1 aromatic carbocycles. The molecule has 106 valence electrons. The lowest BCUT2D eigenvalue weighted by molar-refractivity contribution is 0.0698. The Balaban J connectivity index is 2.42. The molecule has 0 bridgehead atoms. The summed E-state index contributed by atoms with van der Waals surface area (Å²) in [6, 6.07) is 7.09. The smallest absolute Gasteiger partial charge is 0.337 e. The minimum absolute atomic E-state index is 0.0204. The van der Waals surface area contributed by atoms with Crippen LogP contribution in [0.15, 0.2) is 34.5 Å². The zero-order chi connectivity index (χ0) is 14.9. The van der Waals surface area contributed by atoms with Gasteiger partial charge in [0, 0.05) is 9.90 Å². The number of nitrogens with one attached hydrogen (secondary N) is 1. The highest BCUT2D eigenvalue weighted by atomic mass is 35.5. The van der Waals surface area contributed by atoms with Crippen LogP contribution in [0.2, 0.25) is 5.02 Å². The highest BCUT2D eigenvalue weighted by molar-refractivity contribution is 7.94. The summed E-state index contributed by atoms with van der Waals surface area (Å²) in [6.07, 6.45) is 0. The molecule has 0 saturated carbocycles. The third kappa shape index (κ3) is 3.12. The van der Waals surface area contributed by atoms with Crippen LogP contribution in [0.1, 0.15) is 15.2 Å². The molecule has 2 N–H and O–H groups in total. The molecule has 0 aliphatic heterocycles. The van der Waals surface area contributed by atoms with Crippen LogP contribution in [-0.4, -0.2) is 19.5 Å². The summed E-state index contributed by atoms with van der Waals surface area (Å²) < 4.78 is 26.7. The van der Waals surface area contributed by atoms with Gasteiger partial charge in [-0.1, -0.05) is 11.6 Å². The predicted octanol–water partition coefficient (Wildman–Crippen LogP) is 3.21. The molecule has 0 fully saturated rings. The van der Waals surface area contributed by atoms with Gasteiger partial charge in [0.2, 0.25) is 0 Å². The van der Waals surface area contributed by atoms with Gasteiger partial charge in [-0.2, -0.15) is 0 Å². The first-order chi connectivity index (χ1) is 9.29. The van der Waals surface area contributed by atoms with E-state index >= 15 is 0 Å². The van der Waals surface area contributed by atoms with Gasteiger partial charge in [-0.3, -0.25) is 4.72 Å². The molecular formula is C12H10ClNO4S2. The van der Waals surface area contributed by atoms with Crippen LogP contribution in [0.25, 0.3) is 0 Å². The monoisotopic (exact) mass is 331 g/mol. The largest absolute Gasteiger partial charge is 0.478 e. The van der Waals surface area contributed by atoms with Crippen molar-refractivity contribution in [1.29, 1.82) is 0 Å². The zero-order valence-electron chi connectivity index (χ0n) is 10.3. The Morgan fingerprint density at radius 2 is 2.00 bits per heavy atom. The standard InChI is InChI=1S/C12H10ClNO4S2/c1-7-2-5-11(19-7)20(17,18)14-10-4-3-8(13)6-9(10)12(15)16/h2-6,14H,1H3,(H,15,16). The summed E-state index contributed by atoms with van der Waals surface area (Å²) >= 11 is 6.82. The Morgan fingerprint density at radius 3 is 2.55 bits per heavy atom. The quantitative estimate of drug-likeness (QED) is 0.901. The van der Waals surface area contributed by atoms with E-state index in [1.54, 1.807) is 13.0 Å². The SMILES string of the molecule is Cc1ccc(S(=O)(=O)Nc2ccc(Cl)cc2C(=O)O)s1. The molecule has 0 radical (unpaired) electrons. The third-order valence-corrected chi connectivity index (χ3v) is 5.53. The highest BCUT2D eigenvalue weighted by Gasteiger charge is 2.20. The van der Waals surface area contributed by atoms with Crippen molar-refractivity contribution in [2.24, 2.45) is 0 Å². The topological polar surface area (TPSA) is 83.5 Å². The summed E-state index contributed by atoms with van der Waals surface area (Å²) in [5, 5.41) is 9.29. The molecule has 0 aliphatic rings. The number of carboxylic acid groups (broad SMARTS) is 1. The fourth-order valence-electron chi connectivity index (χ4n) is 1.53. The second-order valence-corrected chi connectivity index (χ2v) is 7.60. The molecule has 0 saturated heterocycles. The van der Waals surface area contributed by atoms with E-state index in [1.807, 2.05) is 0 Å². The van der Waals surface area contributed by atoms with Crippen molar-refractivity contribution in [2.45, 2.75) is 11.1 Å². The molecule has 5 nitrogen and oxygen atoms in total. The van der Waals surface area contributed by atoms with Crippen LogP contribution in [0.4, 0.5) is 5.69 Å². The number of anilines is 1. The fourth-order valence-corrected chi connectivity index (χ4v) is 4.07. The number of thiophene rings is 1. The van der Waals surface area contributed by atoms with E-state index in [0.29, 0.717) is 0 Å². The second kappa shape index (κ2) is 5.43. The normalized spacial score (nSPS) is 11.3. The summed E-state index contributed by atoms with van der Waals surface area (Å²) in [6.45, 7) is 1.79. The van der Waals surface area contributed by atoms with Crippen molar-refractivity contribution in [3.63, 3.8) is 0 Å². The van der Waals surface area contributed by atoms with Crippen LogP contribution in [-0.2, 0) is 10.0 Å². The Labute approximate surface area is 124 Å². The zero-order valence-corrected chi connectivity index (χ0v) is 12.6. The van der Waals surface area contributed by atoms with Crippen LogP contribution in [0.3, 0.4) is 0 Å². The molecule has 0 aliphatic carbocycles. The van der Waals surface area contributed by atoms with E-state index in [9.17, 15) is 13.2 Å². The van der Waals surface area contributed by atoms with Gasteiger partial charge in [0.1, 0.15) is 4.21 Å². The molecule has 0 amide bonds. The van der Waals surface area contributed by atoms with E-state index in [-0.39, 0.29) is 20.5 Å². The number of sulfonamides is 1. The maximum absolute atomic E-state index is 12.1. The van der Waals surface area contributed by atoms with Gasteiger partial charge in [-0.05, 0) is 37.3 Å². The summed E-state index contributed by atoms with van der Waals surface area (Å²) in [7, 11) is -3.80. The molecule has 8 heteroatoms. The second-order valence-electron chi connectivity index (χ2n) is 3.97. The predicted molar refractivity (Wildman–Crippen MR) is 78.3 cm³/mol. The fraction of sp³-hybridized carbons (Fsp3) is 0.0833. The Hall–Kier alpha value is -1.57. The van der Waals surface area contributed by atoms with Crippen molar-refractivity contribution in [2.75, 3.05) is 4.72 Å². The lowest BCUT2D eigenvalue weighted by atomic mass is 10.2. The Kier molecular flexibility index (Phi) is 4.03. The number of carboxylic acids is 1. The Bertz CT molecular complexity index is 768. The number of aryl methyl sites for hydroxylation is 1. The molecule has 1 aromatic heterocycles. The van der Waals surface area contributed by atoms with Crippen LogP contribution in [0, 0.1) is 6.92 Å². The van der Waals surface area contributed by atoms with Crippen molar-refractivity contribution in [1.82, 2.24) is 0 Å². The first-order valence-electron chi connectivity index (χ1n) is 5.42. The van der Waals surface area contributed by atoms with Gasteiger partial charge in [-0.15, -0.1) is 11.3 Å². The molecular weight excluding hydrogens is 322 g/mol. The summed E-state index contributed by atoms with van der Waals surface area (Å²) in [5.74, 6) is -1.26. The molecule has 2 aromatic rings. The number of hydrogen-bond acceptors (Lipinski definition) is 4. The minimum atomic E-state index is -3.80. The van der Waals surface area contributed by atoms with Gasteiger partial charge < -0.3 is 5.11 Å². The molecule has 1 heterocycles. The van der Waals surface area contributed by atoms with E-state index in [0.717, 1.165) is 16.2 Å². The van der Waals surface area contributed by atoms with Crippen LogP contribution < -0.4 is 4.72 Å². The van der Waals surface area contributed by atoms with Gasteiger partial charge in [0.25, 0.3) is 10.0 Å². The summed E-state index contributed by atoms with van der Waals surface area (Å²) in [4.78, 5) is 12.0. The summed E-state index contributed by atoms with van der Waals surface area (Å²) in [5.41, 5.74) is -0.220. The number of carbonyl (C=O) groups is 1. The van der Waals surface area contributed by atoms with Crippen molar-refractivity contribution in [3.8, 4) is 0 Å². The van der Waals surface area contributed by atoms with Gasteiger partial charge in [0.05, 0.1) is 11.3 Å². The number of hydrogen-bond donors (Lipinski definition) is 2. The average Bonchev–Trinajstić information content (AvgIpc) is 2.78. The average molecular weight is 332 g/mol. The molecule has 2 rings (SSSR count). The molecule has 0 unspecified atom stereocenters. The molecule has 20 heavy (non-hydrogen) atoms. The number of halogens is 1. The lowest BCUT2D eigenvalue weighted by Crippen LogP contribution is -2.14. The number of rotatable bonds is 4. The van der Waals surface area contributed by atoms with Crippen molar-refractivity contribution >= 4 is 44.6 Å². The van der Waals surface area contributed by atoms with Gasteiger partial charge in [-0.25, -0.2) is 13.2 Å². The van der Waals surface area contributed by atoms with E-state index in [2.05, 4.69) is 4.72 Å². The maximum Gasteiger partial charge on any atom is 0.337 e. The van der Waals surface area contributed by atoms with Crippen LogP contribution in [0.5, 0.6) is 0 Å². The lowest BCUT2D eigenvalue weighted by Gasteiger charge is -2.09. The van der Waals surface area contributed by atoms with E-state index in [4.69, 9.17) is 16.7 Å². The van der Waals surface area contributed by atoms with E-state index < -0.39 is 16.0 Å².